The molecule has 2 atom stereocenters. The molecule has 2 fully saturated rings. The van der Waals surface area contributed by atoms with Gasteiger partial charge in [0.1, 0.15) is 0 Å². The molecular formula is C15H28N2O. The number of nitrogens with one attached hydrogen (secondary N) is 1. The van der Waals surface area contributed by atoms with Crippen LogP contribution < -0.4 is 5.32 Å². The fourth-order valence-corrected chi connectivity index (χ4v) is 3.33. The fourth-order valence-electron chi connectivity index (χ4n) is 3.33. The van der Waals surface area contributed by atoms with E-state index in [0.29, 0.717) is 11.9 Å². The van der Waals surface area contributed by atoms with E-state index in [-0.39, 0.29) is 0 Å². The second kappa shape index (κ2) is 7.13. The monoisotopic (exact) mass is 252 g/mol. The molecule has 0 bridgehead atoms. The molecule has 0 radical (unpaired) electrons. The molecule has 2 heterocycles. The highest BCUT2D eigenvalue weighted by molar-refractivity contribution is 5.76. The second-order valence-corrected chi connectivity index (χ2v) is 5.97. The van der Waals surface area contributed by atoms with Gasteiger partial charge in [0.05, 0.1) is 0 Å². The predicted octanol–water partition coefficient (Wildman–Crippen LogP) is 2.56. The van der Waals surface area contributed by atoms with Gasteiger partial charge in [-0.1, -0.05) is 19.8 Å². The van der Waals surface area contributed by atoms with Gasteiger partial charge in [-0.3, -0.25) is 4.79 Å². The van der Waals surface area contributed by atoms with E-state index in [9.17, 15) is 4.79 Å². The SMILES string of the molecule is CCCC1CCN(C(=O)CCC2CCCCN2)C1. The standard InChI is InChI=1S/C15H28N2O/c1-2-5-13-9-11-17(12-13)15(18)8-7-14-6-3-4-10-16-14/h13-14,16H,2-12H2,1H3. The van der Waals surface area contributed by atoms with Crippen molar-refractivity contribution in [3.8, 4) is 0 Å². The van der Waals surface area contributed by atoms with Crippen molar-refractivity contribution < 1.29 is 4.79 Å². The van der Waals surface area contributed by atoms with E-state index in [0.717, 1.165) is 38.4 Å². The molecular weight excluding hydrogens is 224 g/mol. The largest absolute Gasteiger partial charge is 0.342 e. The summed E-state index contributed by atoms with van der Waals surface area (Å²) < 4.78 is 0. The molecule has 0 aromatic rings. The Morgan fingerprint density at radius 2 is 2.17 bits per heavy atom. The van der Waals surface area contributed by atoms with Gasteiger partial charge < -0.3 is 10.2 Å². The third-order valence-electron chi connectivity index (χ3n) is 4.45. The molecule has 0 spiro atoms. The van der Waals surface area contributed by atoms with Gasteiger partial charge in [-0.2, -0.15) is 0 Å². The van der Waals surface area contributed by atoms with Crippen molar-refractivity contribution in [3.63, 3.8) is 0 Å². The first-order valence-corrected chi connectivity index (χ1v) is 7.80. The first-order chi connectivity index (χ1) is 8.79. The van der Waals surface area contributed by atoms with Gasteiger partial charge in [0.2, 0.25) is 5.91 Å². The Kier molecular flexibility index (Phi) is 5.48. The minimum Gasteiger partial charge on any atom is -0.342 e. The average Bonchev–Trinajstić information content (AvgIpc) is 2.86. The van der Waals surface area contributed by atoms with E-state index >= 15 is 0 Å². The number of hydrogen-bond acceptors (Lipinski definition) is 2. The van der Waals surface area contributed by atoms with Crippen LogP contribution >= 0.6 is 0 Å². The smallest absolute Gasteiger partial charge is 0.222 e. The summed E-state index contributed by atoms with van der Waals surface area (Å²) in [6, 6.07) is 0.594. The summed E-state index contributed by atoms with van der Waals surface area (Å²) in [5, 5.41) is 3.52. The number of carbonyl (C=O) groups excluding carboxylic acids is 1. The number of hydrogen-bond donors (Lipinski definition) is 1. The number of nitrogens with zero attached hydrogens (tertiary/aromatic N) is 1. The highest BCUT2D eigenvalue weighted by atomic mass is 16.2. The van der Waals surface area contributed by atoms with Gasteiger partial charge >= 0.3 is 0 Å². The maximum absolute atomic E-state index is 12.1. The zero-order chi connectivity index (χ0) is 12.8. The van der Waals surface area contributed by atoms with Crippen molar-refractivity contribution in [1.29, 1.82) is 0 Å². The Bertz CT molecular complexity index is 261. The molecule has 2 aliphatic rings. The van der Waals surface area contributed by atoms with E-state index in [2.05, 4.69) is 17.1 Å². The Balaban J connectivity index is 1.65. The van der Waals surface area contributed by atoms with Gasteiger partial charge in [0.25, 0.3) is 0 Å². The zero-order valence-electron chi connectivity index (χ0n) is 11.8. The van der Waals surface area contributed by atoms with Gasteiger partial charge in [-0.05, 0) is 44.6 Å². The molecule has 18 heavy (non-hydrogen) atoms. The lowest BCUT2D eigenvalue weighted by Crippen LogP contribution is -2.36. The number of carbonyl (C=O) groups is 1. The average molecular weight is 252 g/mol. The van der Waals surface area contributed by atoms with Crippen LogP contribution in [0.3, 0.4) is 0 Å². The summed E-state index contributed by atoms with van der Waals surface area (Å²) in [6.45, 7) is 5.40. The number of piperidine rings is 1. The molecule has 1 N–H and O–H groups in total. The summed E-state index contributed by atoms with van der Waals surface area (Å²) in [5.41, 5.74) is 0. The summed E-state index contributed by atoms with van der Waals surface area (Å²) in [5.74, 6) is 1.16. The molecule has 0 aromatic heterocycles. The lowest BCUT2D eigenvalue weighted by molar-refractivity contribution is -0.130. The highest BCUT2D eigenvalue weighted by Crippen LogP contribution is 2.22. The Morgan fingerprint density at radius 3 is 2.89 bits per heavy atom. The Hall–Kier alpha value is -0.570. The molecule has 0 aliphatic carbocycles. The normalized spacial score (nSPS) is 28.6. The van der Waals surface area contributed by atoms with Crippen LogP contribution in [0.5, 0.6) is 0 Å². The molecule has 2 aliphatic heterocycles. The van der Waals surface area contributed by atoms with Crippen molar-refractivity contribution in [2.75, 3.05) is 19.6 Å². The Labute approximate surface area is 111 Å². The van der Waals surface area contributed by atoms with Crippen molar-refractivity contribution in [1.82, 2.24) is 10.2 Å². The molecule has 1 amide bonds. The molecule has 2 rings (SSSR count). The maximum Gasteiger partial charge on any atom is 0.222 e. The first kappa shape index (κ1) is 13.9. The quantitative estimate of drug-likeness (QED) is 0.815. The third-order valence-corrected chi connectivity index (χ3v) is 4.45. The van der Waals surface area contributed by atoms with E-state index in [1.807, 2.05) is 0 Å². The summed E-state index contributed by atoms with van der Waals surface area (Å²) in [6.07, 6.45) is 9.42. The maximum atomic E-state index is 12.1. The van der Waals surface area contributed by atoms with Crippen LogP contribution in [0.25, 0.3) is 0 Å². The van der Waals surface area contributed by atoms with Crippen LogP contribution in [0.4, 0.5) is 0 Å². The van der Waals surface area contributed by atoms with Crippen molar-refractivity contribution >= 4 is 5.91 Å². The van der Waals surface area contributed by atoms with Crippen LogP contribution in [0, 0.1) is 5.92 Å². The summed E-state index contributed by atoms with van der Waals surface area (Å²) >= 11 is 0. The van der Waals surface area contributed by atoms with Gasteiger partial charge in [-0.15, -0.1) is 0 Å². The van der Waals surface area contributed by atoms with E-state index < -0.39 is 0 Å². The minimum atomic E-state index is 0.390. The molecule has 2 saturated heterocycles. The number of amides is 1. The fraction of sp³-hybridized carbons (Fsp3) is 0.933. The van der Waals surface area contributed by atoms with E-state index in [1.54, 1.807) is 0 Å². The minimum absolute atomic E-state index is 0.390. The molecule has 0 saturated carbocycles. The van der Waals surface area contributed by atoms with Crippen molar-refractivity contribution in [2.45, 2.75) is 64.3 Å². The van der Waals surface area contributed by atoms with Crippen LogP contribution in [0.2, 0.25) is 0 Å². The van der Waals surface area contributed by atoms with Crippen LogP contribution in [0.15, 0.2) is 0 Å². The van der Waals surface area contributed by atoms with Gasteiger partial charge in [0, 0.05) is 25.6 Å². The highest BCUT2D eigenvalue weighted by Gasteiger charge is 2.25. The summed E-state index contributed by atoms with van der Waals surface area (Å²) in [7, 11) is 0. The lowest BCUT2D eigenvalue weighted by atomic mass is 10.0. The molecule has 0 aromatic carbocycles. The van der Waals surface area contributed by atoms with Gasteiger partial charge in [-0.25, -0.2) is 0 Å². The molecule has 3 heteroatoms. The molecule has 3 nitrogen and oxygen atoms in total. The molecule has 2 unspecified atom stereocenters. The van der Waals surface area contributed by atoms with Crippen molar-refractivity contribution in [3.05, 3.63) is 0 Å². The number of rotatable bonds is 5. The zero-order valence-corrected chi connectivity index (χ0v) is 11.8. The molecule has 104 valence electrons. The summed E-state index contributed by atoms with van der Waals surface area (Å²) in [4.78, 5) is 14.2. The Morgan fingerprint density at radius 1 is 1.28 bits per heavy atom. The van der Waals surface area contributed by atoms with Crippen molar-refractivity contribution in [2.24, 2.45) is 5.92 Å². The van der Waals surface area contributed by atoms with Crippen LogP contribution in [0.1, 0.15) is 58.3 Å². The van der Waals surface area contributed by atoms with Crippen LogP contribution in [-0.4, -0.2) is 36.5 Å². The van der Waals surface area contributed by atoms with E-state index in [4.69, 9.17) is 0 Å². The first-order valence-electron chi connectivity index (χ1n) is 7.80. The number of likely N-dealkylation sites (tertiary alicyclic amines) is 1. The predicted molar refractivity (Wildman–Crippen MR) is 74.5 cm³/mol. The van der Waals surface area contributed by atoms with Gasteiger partial charge in [0.15, 0.2) is 0 Å². The lowest BCUT2D eigenvalue weighted by Gasteiger charge is -2.24. The van der Waals surface area contributed by atoms with E-state index in [1.165, 1.54) is 38.5 Å². The third kappa shape index (κ3) is 3.98. The second-order valence-electron chi connectivity index (χ2n) is 5.97. The topological polar surface area (TPSA) is 32.3 Å². The van der Waals surface area contributed by atoms with Crippen LogP contribution in [-0.2, 0) is 4.79 Å².